The van der Waals surface area contributed by atoms with Gasteiger partial charge < -0.3 is 10.2 Å². The fraction of sp³-hybridized carbons (Fsp3) is 0.286. The minimum atomic E-state index is -1.05. The SMILES string of the molecule is CC(O)Cc1ccccc1-c1cc(C(=O)O)nn1C. The van der Waals surface area contributed by atoms with Crippen LogP contribution in [0.25, 0.3) is 11.3 Å². The van der Waals surface area contributed by atoms with Crippen molar-refractivity contribution in [2.45, 2.75) is 19.4 Å². The van der Waals surface area contributed by atoms with Gasteiger partial charge in [-0.2, -0.15) is 5.10 Å². The van der Waals surface area contributed by atoms with E-state index in [0.29, 0.717) is 6.42 Å². The van der Waals surface area contributed by atoms with Gasteiger partial charge in [0.25, 0.3) is 0 Å². The fourth-order valence-electron chi connectivity index (χ4n) is 2.09. The number of benzene rings is 1. The van der Waals surface area contributed by atoms with Gasteiger partial charge in [0.2, 0.25) is 0 Å². The second kappa shape index (κ2) is 5.24. The fourth-order valence-corrected chi connectivity index (χ4v) is 2.09. The average molecular weight is 260 g/mol. The number of aromatic nitrogens is 2. The first kappa shape index (κ1) is 13.3. The van der Waals surface area contributed by atoms with E-state index in [2.05, 4.69) is 5.10 Å². The maximum Gasteiger partial charge on any atom is 0.356 e. The molecule has 0 saturated heterocycles. The zero-order chi connectivity index (χ0) is 14.0. The highest BCUT2D eigenvalue weighted by atomic mass is 16.4. The number of aromatic carboxylic acids is 1. The molecule has 0 aliphatic carbocycles. The monoisotopic (exact) mass is 260 g/mol. The third-order valence-electron chi connectivity index (χ3n) is 2.91. The van der Waals surface area contributed by atoms with Crippen LogP contribution in [-0.2, 0) is 13.5 Å². The zero-order valence-corrected chi connectivity index (χ0v) is 10.9. The molecule has 0 bridgehead atoms. The maximum absolute atomic E-state index is 10.9. The largest absolute Gasteiger partial charge is 0.476 e. The first-order valence-corrected chi connectivity index (χ1v) is 6.02. The van der Waals surface area contributed by atoms with E-state index in [0.717, 1.165) is 16.8 Å². The Morgan fingerprint density at radius 2 is 2.11 bits per heavy atom. The molecule has 0 aliphatic heterocycles. The molecule has 1 atom stereocenters. The highest BCUT2D eigenvalue weighted by Crippen LogP contribution is 2.25. The summed E-state index contributed by atoms with van der Waals surface area (Å²) in [6, 6.07) is 9.16. The quantitative estimate of drug-likeness (QED) is 0.877. The Morgan fingerprint density at radius 3 is 2.68 bits per heavy atom. The summed E-state index contributed by atoms with van der Waals surface area (Å²) in [7, 11) is 1.71. The smallest absolute Gasteiger partial charge is 0.356 e. The van der Waals surface area contributed by atoms with E-state index >= 15 is 0 Å². The van der Waals surface area contributed by atoms with Gasteiger partial charge in [-0.05, 0) is 25.0 Å². The first-order chi connectivity index (χ1) is 8.99. The first-order valence-electron chi connectivity index (χ1n) is 6.02. The predicted molar refractivity (Wildman–Crippen MR) is 71.0 cm³/mol. The van der Waals surface area contributed by atoms with Gasteiger partial charge in [0.1, 0.15) is 0 Å². The Labute approximate surface area is 111 Å². The molecule has 2 rings (SSSR count). The standard InChI is InChI=1S/C14H16N2O3/c1-9(17)7-10-5-3-4-6-11(10)13-8-12(14(18)19)15-16(13)2/h3-6,8-9,17H,7H2,1-2H3,(H,18,19). The van der Waals surface area contributed by atoms with Gasteiger partial charge in [0.05, 0.1) is 11.8 Å². The Balaban J connectivity index is 2.49. The van der Waals surface area contributed by atoms with Crippen molar-refractivity contribution >= 4 is 5.97 Å². The molecule has 19 heavy (non-hydrogen) atoms. The highest BCUT2D eigenvalue weighted by Gasteiger charge is 2.15. The van der Waals surface area contributed by atoms with Crippen LogP contribution in [0.5, 0.6) is 0 Å². The lowest BCUT2D eigenvalue weighted by molar-refractivity contribution is 0.0689. The van der Waals surface area contributed by atoms with E-state index in [4.69, 9.17) is 5.11 Å². The lowest BCUT2D eigenvalue weighted by Crippen LogP contribution is -2.06. The third kappa shape index (κ3) is 2.82. The zero-order valence-electron chi connectivity index (χ0n) is 10.9. The molecule has 0 amide bonds. The molecule has 0 spiro atoms. The summed E-state index contributed by atoms with van der Waals surface area (Å²) in [6.45, 7) is 1.72. The maximum atomic E-state index is 10.9. The summed E-state index contributed by atoms with van der Waals surface area (Å²) in [6.07, 6.45) is 0.0670. The number of rotatable bonds is 4. The van der Waals surface area contributed by atoms with Crippen LogP contribution in [0.1, 0.15) is 23.0 Å². The summed E-state index contributed by atoms with van der Waals surface area (Å²) in [5.74, 6) is -1.05. The number of carbonyl (C=O) groups is 1. The van der Waals surface area contributed by atoms with Crippen LogP contribution in [0.4, 0.5) is 0 Å². The molecule has 5 nitrogen and oxygen atoms in total. The van der Waals surface area contributed by atoms with Crippen molar-refractivity contribution in [1.29, 1.82) is 0 Å². The Morgan fingerprint density at radius 1 is 1.42 bits per heavy atom. The lowest BCUT2D eigenvalue weighted by Gasteiger charge is -2.11. The number of nitrogens with zero attached hydrogens (tertiary/aromatic N) is 2. The molecule has 1 heterocycles. The van der Waals surface area contributed by atoms with Gasteiger partial charge in [-0.25, -0.2) is 4.79 Å². The predicted octanol–water partition coefficient (Wildman–Crippen LogP) is 1.71. The van der Waals surface area contributed by atoms with Crippen molar-refractivity contribution < 1.29 is 15.0 Å². The lowest BCUT2D eigenvalue weighted by atomic mass is 9.99. The van der Waals surface area contributed by atoms with Crippen LogP contribution < -0.4 is 0 Å². The molecule has 1 aromatic carbocycles. The minimum Gasteiger partial charge on any atom is -0.476 e. The van der Waals surface area contributed by atoms with Gasteiger partial charge in [-0.1, -0.05) is 24.3 Å². The van der Waals surface area contributed by atoms with Gasteiger partial charge >= 0.3 is 5.97 Å². The number of aliphatic hydroxyl groups is 1. The molecular formula is C14H16N2O3. The van der Waals surface area contributed by atoms with E-state index in [9.17, 15) is 9.90 Å². The van der Waals surface area contributed by atoms with Crippen LogP contribution in [0.3, 0.4) is 0 Å². The summed E-state index contributed by atoms with van der Waals surface area (Å²) < 4.78 is 1.55. The number of hydrogen-bond acceptors (Lipinski definition) is 3. The van der Waals surface area contributed by atoms with Gasteiger partial charge in [0.15, 0.2) is 5.69 Å². The van der Waals surface area contributed by atoms with Gasteiger partial charge in [-0.3, -0.25) is 4.68 Å². The minimum absolute atomic E-state index is 0.0179. The number of hydrogen-bond donors (Lipinski definition) is 2. The van der Waals surface area contributed by atoms with Crippen molar-refractivity contribution in [2.75, 3.05) is 0 Å². The van der Waals surface area contributed by atoms with Gasteiger partial charge in [-0.15, -0.1) is 0 Å². The molecule has 0 radical (unpaired) electrons. The Kier molecular flexibility index (Phi) is 3.66. The third-order valence-corrected chi connectivity index (χ3v) is 2.91. The summed E-state index contributed by atoms with van der Waals surface area (Å²) >= 11 is 0. The van der Waals surface area contributed by atoms with Crippen LogP contribution in [0, 0.1) is 0 Å². The Hall–Kier alpha value is -2.14. The summed E-state index contributed by atoms with van der Waals surface area (Å²) in [4.78, 5) is 10.9. The second-order valence-corrected chi connectivity index (χ2v) is 4.55. The number of aryl methyl sites for hydroxylation is 1. The van der Waals surface area contributed by atoms with E-state index in [1.54, 1.807) is 24.7 Å². The molecule has 5 heteroatoms. The van der Waals surface area contributed by atoms with E-state index in [1.807, 2.05) is 24.3 Å². The second-order valence-electron chi connectivity index (χ2n) is 4.55. The van der Waals surface area contributed by atoms with Crippen molar-refractivity contribution in [1.82, 2.24) is 9.78 Å². The molecule has 0 fully saturated rings. The van der Waals surface area contributed by atoms with Crippen LogP contribution in [0.15, 0.2) is 30.3 Å². The van der Waals surface area contributed by atoms with Crippen molar-refractivity contribution in [3.63, 3.8) is 0 Å². The highest BCUT2D eigenvalue weighted by molar-refractivity contribution is 5.87. The normalized spacial score (nSPS) is 12.4. The molecule has 0 saturated carbocycles. The number of carboxylic acids is 1. The number of aliphatic hydroxyl groups excluding tert-OH is 1. The van der Waals surface area contributed by atoms with Crippen LogP contribution >= 0.6 is 0 Å². The molecular weight excluding hydrogens is 244 g/mol. The number of carboxylic acid groups (broad SMARTS) is 1. The summed E-state index contributed by atoms with van der Waals surface area (Å²) in [5.41, 5.74) is 2.61. The average Bonchev–Trinajstić information content (AvgIpc) is 2.71. The Bertz CT molecular complexity index is 602. The molecule has 100 valence electrons. The molecule has 1 aromatic heterocycles. The van der Waals surface area contributed by atoms with E-state index in [1.165, 1.54) is 0 Å². The summed E-state index contributed by atoms with van der Waals surface area (Å²) in [5, 5.41) is 22.5. The van der Waals surface area contributed by atoms with E-state index < -0.39 is 12.1 Å². The molecule has 2 aromatic rings. The molecule has 1 unspecified atom stereocenters. The molecule has 0 aliphatic rings. The topological polar surface area (TPSA) is 75.3 Å². The van der Waals surface area contributed by atoms with Crippen molar-refractivity contribution in [2.24, 2.45) is 7.05 Å². The van der Waals surface area contributed by atoms with Crippen LogP contribution in [-0.4, -0.2) is 32.1 Å². The van der Waals surface area contributed by atoms with Gasteiger partial charge in [0, 0.05) is 12.6 Å². The van der Waals surface area contributed by atoms with Crippen LogP contribution in [0.2, 0.25) is 0 Å². The molecule has 2 N–H and O–H groups in total. The van der Waals surface area contributed by atoms with E-state index in [-0.39, 0.29) is 5.69 Å². The van der Waals surface area contributed by atoms with Crippen molar-refractivity contribution in [3.8, 4) is 11.3 Å². The van der Waals surface area contributed by atoms with Crippen molar-refractivity contribution in [3.05, 3.63) is 41.6 Å².